The molecule has 3 aromatic rings. The summed E-state index contributed by atoms with van der Waals surface area (Å²) in [4.78, 5) is 33.5. The van der Waals surface area contributed by atoms with Crippen LogP contribution >= 0.6 is 0 Å². The van der Waals surface area contributed by atoms with Crippen LogP contribution in [0.4, 0.5) is 5.69 Å². The molecule has 4 rings (SSSR count). The molecule has 0 spiro atoms. The van der Waals surface area contributed by atoms with Gasteiger partial charge < -0.3 is 19.1 Å². The Hall–Kier alpha value is -3.07. The summed E-state index contributed by atoms with van der Waals surface area (Å²) in [7, 11) is 4.86. The molecule has 0 amide bonds. The van der Waals surface area contributed by atoms with Crippen LogP contribution in [0.1, 0.15) is 12.7 Å². The number of imidazole rings is 1. The van der Waals surface area contributed by atoms with Crippen molar-refractivity contribution in [2.45, 2.75) is 20.0 Å². The Morgan fingerprint density at radius 3 is 2.33 bits per heavy atom. The molecular weight excluding hydrogens is 384 g/mol. The molecule has 1 N–H and O–H groups in total. The number of quaternary nitrogens is 1. The molecule has 3 heterocycles. The number of hydrogen-bond acceptors (Lipinski definition) is 5. The van der Waals surface area contributed by atoms with Gasteiger partial charge in [-0.25, -0.2) is 9.78 Å². The second kappa shape index (κ2) is 7.98. The molecule has 9 nitrogen and oxygen atoms in total. The van der Waals surface area contributed by atoms with Crippen molar-refractivity contribution >= 4 is 16.9 Å². The normalized spacial score (nSPS) is 15.1. The highest BCUT2D eigenvalue weighted by atomic mass is 16.5. The van der Waals surface area contributed by atoms with E-state index in [2.05, 4.69) is 17.0 Å². The minimum atomic E-state index is -0.347. The van der Waals surface area contributed by atoms with Crippen molar-refractivity contribution in [3.63, 3.8) is 0 Å². The average Bonchev–Trinajstić information content (AvgIpc) is 3.15. The van der Waals surface area contributed by atoms with Gasteiger partial charge in [0.05, 0.1) is 33.3 Å². The second-order valence-electron chi connectivity index (χ2n) is 7.76. The lowest BCUT2D eigenvalue weighted by Gasteiger charge is -2.33. The van der Waals surface area contributed by atoms with Gasteiger partial charge in [-0.3, -0.25) is 13.9 Å². The second-order valence-corrected chi connectivity index (χ2v) is 7.76. The van der Waals surface area contributed by atoms with Gasteiger partial charge >= 0.3 is 5.69 Å². The van der Waals surface area contributed by atoms with Crippen LogP contribution < -0.4 is 25.8 Å². The summed E-state index contributed by atoms with van der Waals surface area (Å²) in [6.45, 7) is 7.25. The fourth-order valence-corrected chi connectivity index (χ4v) is 4.24. The highest BCUT2D eigenvalue weighted by Gasteiger charge is 2.25. The smallest absolute Gasteiger partial charge is 0.332 e. The van der Waals surface area contributed by atoms with Crippen molar-refractivity contribution in [1.82, 2.24) is 18.7 Å². The van der Waals surface area contributed by atoms with Gasteiger partial charge in [-0.1, -0.05) is 0 Å². The Bertz CT molecular complexity index is 1170. The molecular formula is C21H29N6O3+. The summed E-state index contributed by atoms with van der Waals surface area (Å²) in [5.41, 5.74) is 1.55. The summed E-state index contributed by atoms with van der Waals surface area (Å²) < 4.78 is 9.81. The molecule has 160 valence electrons. The van der Waals surface area contributed by atoms with E-state index >= 15 is 0 Å². The van der Waals surface area contributed by atoms with Crippen molar-refractivity contribution in [1.29, 1.82) is 0 Å². The predicted molar refractivity (Wildman–Crippen MR) is 115 cm³/mol. The van der Waals surface area contributed by atoms with E-state index in [-0.39, 0.29) is 11.2 Å². The highest BCUT2D eigenvalue weighted by Crippen LogP contribution is 2.19. The van der Waals surface area contributed by atoms with Gasteiger partial charge in [-0.05, 0) is 31.2 Å². The lowest BCUT2D eigenvalue weighted by atomic mass is 10.2. The number of anilines is 1. The quantitative estimate of drug-likeness (QED) is 0.603. The van der Waals surface area contributed by atoms with Crippen molar-refractivity contribution in [2.24, 2.45) is 14.1 Å². The number of nitrogens with zero attached hydrogens (tertiary/aromatic N) is 5. The maximum atomic E-state index is 12.7. The molecule has 1 aromatic carbocycles. The zero-order chi connectivity index (χ0) is 21.4. The number of rotatable bonds is 5. The topological polar surface area (TPSA) is 78.7 Å². The van der Waals surface area contributed by atoms with Gasteiger partial charge in [0, 0.05) is 26.3 Å². The van der Waals surface area contributed by atoms with Crippen LogP contribution in [-0.2, 0) is 27.2 Å². The Labute approximate surface area is 174 Å². The van der Waals surface area contributed by atoms with E-state index in [1.165, 1.54) is 22.2 Å². The van der Waals surface area contributed by atoms with E-state index in [9.17, 15) is 9.59 Å². The third-order valence-electron chi connectivity index (χ3n) is 6.06. The van der Waals surface area contributed by atoms with Crippen LogP contribution in [0.2, 0.25) is 0 Å². The molecule has 9 heteroatoms. The molecule has 0 saturated carbocycles. The van der Waals surface area contributed by atoms with Crippen molar-refractivity contribution in [3.05, 3.63) is 50.9 Å². The minimum absolute atomic E-state index is 0.284. The zero-order valence-corrected chi connectivity index (χ0v) is 18.0. The number of piperazine rings is 1. The third kappa shape index (κ3) is 3.39. The van der Waals surface area contributed by atoms with Crippen LogP contribution in [0.3, 0.4) is 0 Å². The molecule has 1 aliphatic heterocycles. The van der Waals surface area contributed by atoms with Crippen LogP contribution in [-0.4, -0.2) is 52.0 Å². The largest absolute Gasteiger partial charge is 0.497 e. The summed E-state index contributed by atoms with van der Waals surface area (Å²) in [6.07, 6.45) is 0. The fraction of sp³-hybridized carbons (Fsp3) is 0.476. The van der Waals surface area contributed by atoms with Gasteiger partial charge in [0.2, 0.25) is 0 Å². The van der Waals surface area contributed by atoms with Gasteiger partial charge in [-0.15, -0.1) is 0 Å². The highest BCUT2D eigenvalue weighted by molar-refractivity contribution is 5.71. The number of hydrogen-bond donors (Lipinski definition) is 1. The summed E-state index contributed by atoms with van der Waals surface area (Å²) >= 11 is 0. The maximum absolute atomic E-state index is 12.7. The van der Waals surface area contributed by atoms with E-state index in [0.717, 1.165) is 48.9 Å². The number of nitrogens with one attached hydrogen (secondary N) is 1. The van der Waals surface area contributed by atoms with Crippen LogP contribution in [0.5, 0.6) is 5.75 Å². The molecule has 0 radical (unpaired) electrons. The molecule has 0 bridgehead atoms. The first kappa shape index (κ1) is 20.2. The number of benzene rings is 1. The van der Waals surface area contributed by atoms with E-state index in [1.54, 1.807) is 14.2 Å². The van der Waals surface area contributed by atoms with E-state index in [0.29, 0.717) is 17.7 Å². The third-order valence-corrected chi connectivity index (χ3v) is 6.06. The van der Waals surface area contributed by atoms with Gasteiger partial charge in [0.1, 0.15) is 12.3 Å². The van der Waals surface area contributed by atoms with E-state index < -0.39 is 0 Å². The molecule has 1 aliphatic rings. The fourth-order valence-electron chi connectivity index (χ4n) is 4.24. The molecule has 0 unspecified atom stereocenters. The van der Waals surface area contributed by atoms with Crippen LogP contribution in [0, 0.1) is 0 Å². The first-order chi connectivity index (χ1) is 14.4. The first-order valence-electron chi connectivity index (χ1n) is 10.3. The van der Waals surface area contributed by atoms with Gasteiger partial charge in [0.15, 0.2) is 17.0 Å². The summed E-state index contributed by atoms with van der Waals surface area (Å²) in [5.74, 6) is 1.72. The molecule has 0 aliphatic carbocycles. The number of aryl methyl sites for hydroxylation is 2. The minimum Gasteiger partial charge on any atom is -0.497 e. The van der Waals surface area contributed by atoms with Crippen molar-refractivity contribution in [3.8, 4) is 5.75 Å². The van der Waals surface area contributed by atoms with Crippen LogP contribution in [0.15, 0.2) is 33.9 Å². The van der Waals surface area contributed by atoms with E-state index in [4.69, 9.17) is 9.72 Å². The standard InChI is InChI=1S/C21H28N6O3/c1-5-27-17(22-19-18(27)20(28)24(3)21(29)23(19)2)14-25-10-12-26(13-11-25)15-6-8-16(30-4)9-7-15/h6-9H,5,10-14H2,1-4H3/p+1. The molecule has 0 atom stereocenters. The molecule has 1 saturated heterocycles. The average molecular weight is 414 g/mol. The number of aromatic nitrogens is 4. The van der Waals surface area contributed by atoms with Gasteiger partial charge in [0.25, 0.3) is 5.56 Å². The Balaban J connectivity index is 1.54. The predicted octanol–water partition coefficient (Wildman–Crippen LogP) is -0.633. The monoisotopic (exact) mass is 413 g/mol. The molecule has 1 fully saturated rings. The number of fused-ring (bicyclic) bond motifs is 1. The number of ether oxygens (including phenoxy) is 1. The van der Waals surface area contributed by atoms with Crippen LogP contribution in [0.25, 0.3) is 11.2 Å². The van der Waals surface area contributed by atoms with E-state index in [1.807, 2.05) is 23.6 Å². The lowest BCUT2D eigenvalue weighted by Crippen LogP contribution is -3.13. The SMILES string of the molecule is CCn1c(C[NH+]2CCN(c3ccc(OC)cc3)CC2)nc2c1c(=O)n(C)c(=O)n2C. The Morgan fingerprint density at radius 2 is 1.73 bits per heavy atom. The maximum Gasteiger partial charge on any atom is 0.332 e. The summed E-state index contributed by atoms with van der Waals surface area (Å²) in [5, 5.41) is 0. The lowest BCUT2D eigenvalue weighted by molar-refractivity contribution is -0.915. The Kier molecular flexibility index (Phi) is 5.38. The zero-order valence-electron chi connectivity index (χ0n) is 18.0. The van der Waals surface area contributed by atoms with Gasteiger partial charge in [-0.2, -0.15) is 0 Å². The van der Waals surface area contributed by atoms with Crippen molar-refractivity contribution in [2.75, 3.05) is 38.2 Å². The first-order valence-corrected chi connectivity index (χ1v) is 10.3. The Morgan fingerprint density at radius 1 is 1.07 bits per heavy atom. The molecule has 30 heavy (non-hydrogen) atoms. The van der Waals surface area contributed by atoms with Crippen molar-refractivity contribution < 1.29 is 9.64 Å². The summed E-state index contributed by atoms with van der Waals surface area (Å²) in [6, 6.07) is 8.17. The molecule has 2 aromatic heterocycles. The number of methoxy groups -OCH3 is 1.